The molecule has 0 saturated carbocycles. The van der Waals surface area contributed by atoms with E-state index in [4.69, 9.17) is 14.2 Å². The molecule has 8 nitrogen and oxygen atoms in total. The summed E-state index contributed by atoms with van der Waals surface area (Å²) in [6.07, 6.45) is 1.69. The highest BCUT2D eigenvalue weighted by atomic mass is 32.2. The maximum absolute atomic E-state index is 13.4. The molecule has 2 aromatic rings. The number of hydrogen-bond acceptors (Lipinski definition) is 6. The zero-order valence-corrected chi connectivity index (χ0v) is 18.6. The van der Waals surface area contributed by atoms with Crippen molar-refractivity contribution in [1.82, 2.24) is 9.21 Å². The van der Waals surface area contributed by atoms with E-state index in [-0.39, 0.29) is 22.6 Å². The Labute approximate surface area is 182 Å². The molecule has 0 radical (unpaired) electrons. The second-order valence-electron chi connectivity index (χ2n) is 7.71. The normalized spacial score (nSPS) is 18.3. The van der Waals surface area contributed by atoms with E-state index >= 15 is 0 Å². The van der Waals surface area contributed by atoms with Crippen molar-refractivity contribution in [3.8, 4) is 17.2 Å². The fraction of sp³-hybridized carbons (Fsp3) is 0.409. The van der Waals surface area contributed by atoms with Gasteiger partial charge in [0, 0.05) is 26.2 Å². The predicted octanol–water partition coefficient (Wildman–Crippen LogP) is 2.69. The first-order chi connectivity index (χ1) is 14.8. The Morgan fingerprint density at radius 3 is 2.55 bits per heavy atom. The molecule has 0 spiro atoms. The Morgan fingerprint density at radius 2 is 1.84 bits per heavy atom. The van der Waals surface area contributed by atoms with Crippen LogP contribution in [0.4, 0.5) is 0 Å². The SMILES string of the molecule is COc1ccc(C(=O)N2CCC[C@@H]2c2ccc3c(c2)OCCO3)cc1S(=O)(=O)N(C)C. The van der Waals surface area contributed by atoms with Crippen molar-refractivity contribution >= 4 is 15.9 Å². The van der Waals surface area contributed by atoms with Crippen LogP contribution in [0.25, 0.3) is 0 Å². The molecule has 4 rings (SSSR count). The maximum Gasteiger partial charge on any atom is 0.254 e. The number of likely N-dealkylation sites (tertiary alicyclic amines) is 1. The summed E-state index contributed by atoms with van der Waals surface area (Å²) in [7, 11) is 0.531. The van der Waals surface area contributed by atoms with Gasteiger partial charge in [-0.2, -0.15) is 0 Å². The third-order valence-corrected chi connectivity index (χ3v) is 7.47. The summed E-state index contributed by atoms with van der Waals surface area (Å²) in [5.74, 6) is 1.39. The van der Waals surface area contributed by atoms with Gasteiger partial charge < -0.3 is 19.1 Å². The Balaban J connectivity index is 1.66. The van der Waals surface area contributed by atoms with E-state index in [1.165, 1.54) is 33.3 Å². The summed E-state index contributed by atoms with van der Waals surface area (Å²) >= 11 is 0. The topological polar surface area (TPSA) is 85.4 Å². The van der Waals surface area contributed by atoms with Gasteiger partial charge in [0.2, 0.25) is 10.0 Å². The molecule has 0 aromatic heterocycles. The lowest BCUT2D eigenvalue weighted by molar-refractivity contribution is 0.0735. The van der Waals surface area contributed by atoms with E-state index in [0.717, 1.165) is 22.7 Å². The molecule has 1 saturated heterocycles. The molecule has 0 bridgehead atoms. The Kier molecular flexibility index (Phi) is 5.81. The molecule has 0 N–H and O–H groups in total. The first-order valence-corrected chi connectivity index (χ1v) is 11.6. The van der Waals surface area contributed by atoms with Gasteiger partial charge >= 0.3 is 0 Å². The molecule has 31 heavy (non-hydrogen) atoms. The van der Waals surface area contributed by atoms with Gasteiger partial charge in [-0.05, 0) is 48.7 Å². The van der Waals surface area contributed by atoms with Crippen LogP contribution in [-0.2, 0) is 10.0 Å². The number of carbonyl (C=O) groups is 1. The average Bonchev–Trinajstić information content (AvgIpc) is 3.27. The molecular formula is C22H26N2O6S. The van der Waals surface area contributed by atoms with Gasteiger partial charge in [-0.15, -0.1) is 0 Å². The molecule has 2 aromatic carbocycles. The van der Waals surface area contributed by atoms with Gasteiger partial charge in [0.25, 0.3) is 5.91 Å². The monoisotopic (exact) mass is 446 g/mol. The summed E-state index contributed by atoms with van der Waals surface area (Å²) < 4.78 is 43.1. The molecule has 2 aliphatic heterocycles. The van der Waals surface area contributed by atoms with E-state index in [1.54, 1.807) is 11.0 Å². The number of sulfonamides is 1. The second-order valence-corrected chi connectivity index (χ2v) is 9.83. The first-order valence-electron chi connectivity index (χ1n) is 10.1. The van der Waals surface area contributed by atoms with Crippen LogP contribution in [0.1, 0.15) is 34.8 Å². The van der Waals surface area contributed by atoms with Gasteiger partial charge in [0.1, 0.15) is 23.9 Å². The zero-order valence-electron chi connectivity index (χ0n) is 17.8. The van der Waals surface area contributed by atoms with E-state index in [0.29, 0.717) is 36.8 Å². The number of nitrogens with zero attached hydrogens (tertiary/aromatic N) is 2. The largest absolute Gasteiger partial charge is 0.495 e. The molecular weight excluding hydrogens is 420 g/mol. The minimum atomic E-state index is -3.77. The van der Waals surface area contributed by atoms with Crippen LogP contribution in [0.15, 0.2) is 41.3 Å². The van der Waals surface area contributed by atoms with Gasteiger partial charge in [-0.25, -0.2) is 12.7 Å². The van der Waals surface area contributed by atoms with Crippen molar-refractivity contribution in [2.24, 2.45) is 0 Å². The molecule has 1 fully saturated rings. The fourth-order valence-electron chi connectivity index (χ4n) is 4.00. The standard InChI is InChI=1S/C22H26N2O6S/c1-23(2)31(26,27)21-14-16(7-9-19(21)28-3)22(25)24-10-4-5-17(24)15-6-8-18-20(13-15)30-12-11-29-18/h6-9,13-14,17H,4-5,10-12H2,1-3H3/t17-/m1/s1. The van der Waals surface area contributed by atoms with Crippen molar-refractivity contribution in [2.45, 2.75) is 23.8 Å². The zero-order chi connectivity index (χ0) is 22.2. The quantitative estimate of drug-likeness (QED) is 0.702. The van der Waals surface area contributed by atoms with Crippen molar-refractivity contribution in [3.05, 3.63) is 47.5 Å². The summed E-state index contributed by atoms with van der Waals surface area (Å²) in [5, 5.41) is 0. The minimum absolute atomic E-state index is 0.0269. The number of methoxy groups -OCH3 is 1. The summed E-state index contributed by atoms with van der Waals surface area (Å²) in [5.41, 5.74) is 1.29. The highest BCUT2D eigenvalue weighted by Crippen LogP contribution is 2.39. The average molecular weight is 447 g/mol. The van der Waals surface area contributed by atoms with Crippen LogP contribution in [0.2, 0.25) is 0 Å². The van der Waals surface area contributed by atoms with Crippen LogP contribution in [0.3, 0.4) is 0 Å². The molecule has 0 unspecified atom stereocenters. The van der Waals surface area contributed by atoms with Crippen molar-refractivity contribution < 1.29 is 27.4 Å². The number of fused-ring (bicyclic) bond motifs is 1. The van der Waals surface area contributed by atoms with Gasteiger partial charge in [0.05, 0.1) is 13.2 Å². The Hall–Kier alpha value is -2.78. The van der Waals surface area contributed by atoms with Gasteiger partial charge in [-0.3, -0.25) is 4.79 Å². The molecule has 1 amide bonds. The van der Waals surface area contributed by atoms with Crippen LogP contribution in [-0.4, -0.2) is 64.5 Å². The van der Waals surface area contributed by atoms with E-state index in [9.17, 15) is 13.2 Å². The number of benzene rings is 2. The highest BCUT2D eigenvalue weighted by molar-refractivity contribution is 7.89. The number of carbonyl (C=O) groups excluding carboxylic acids is 1. The van der Waals surface area contributed by atoms with Crippen LogP contribution in [0.5, 0.6) is 17.2 Å². The molecule has 9 heteroatoms. The van der Waals surface area contributed by atoms with Gasteiger partial charge in [-0.1, -0.05) is 6.07 Å². The molecule has 2 heterocycles. The highest BCUT2D eigenvalue weighted by Gasteiger charge is 2.33. The smallest absolute Gasteiger partial charge is 0.254 e. The van der Waals surface area contributed by atoms with Crippen molar-refractivity contribution in [3.63, 3.8) is 0 Å². The Morgan fingerprint density at radius 1 is 1.10 bits per heavy atom. The third kappa shape index (κ3) is 3.95. The third-order valence-electron chi connectivity index (χ3n) is 5.63. The number of amides is 1. The molecule has 2 aliphatic rings. The molecule has 1 atom stereocenters. The van der Waals surface area contributed by atoms with Crippen LogP contribution >= 0.6 is 0 Å². The van der Waals surface area contributed by atoms with Crippen LogP contribution in [0, 0.1) is 0 Å². The maximum atomic E-state index is 13.4. The summed E-state index contributed by atoms with van der Waals surface area (Å²) in [6, 6.07) is 10.2. The number of ether oxygens (including phenoxy) is 3. The Bertz CT molecular complexity index is 1100. The lowest BCUT2D eigenvalue weighted by Gasteiger charge is -2.27. The van der Waals surface area contributed by atoms with E-state index in [1.807, 2.05) is 18.2 Å². The molecule has 0 aliphatic carbocycles. The summed E-state index contributed by atoms with van der Waals surface area (Å²) in [4.78, 5) is 15.2. The molecule has 166 valence electrons. The van der Waals surface area contributed by atoms with Crippen molar-refractivity contribution in [1.29, 1.82) is 0 Å². The summed E-state index contributed by atoms with van der Waals surface area (Å²) in [6.45, 7) is 1.62. The van der Waals surface area contributed by atoms with Gasteiger partial charge in [0.15, 0.2) is 11.5 Å². The number of rotatable bonds is 5. The second kappa shape index (κ2) is 8.39. The fourth-order valence-corrected chi connectivity index (χ4v) is 5.07. The lowest BCUT2D eigenvalue weighted by atomic mass is 10.0. The minimum Gasteiger partial charge on any atom is -0.495 e. The van der Waals surface area contributed by atoms with E-state index < -0.39 is 10.0 Å². The number of hydrogen-bond donors (Lipinski definition) is 0. The predicted molar refractivity (Wildman–Crippen MR) is 114 cm³/mol. The lowest BCUT2D eigenvalue weighted by Crippen LogP contribution is -2.31. The van der Waals surface area contributed by atoms with Crippen LogP contribution < -0.4 is 14.2 Å². The first kappa shape index (κ1) is 21.5. The van der Waals surface area contributed by atoms with E-state index in [2.05, 4.69) is 0 Å². The van der Waals surface area contributed by atoms with Crippen molar-refractivity contribution in [2.75, 3.05) is 41.0 Å².